The Bertz CT molecular complexity index is 1390. The Labute approximate surface area is 197 Å². The maximum atomic E-state index is 9.92. The van der Waals surface area contributed by atoms with Crippen molar-refractivity contribution in [2.24, 2.45) is 5.73 Å². The molecule has 7 nitrogen and oxygen atoms in total. The summed E-state index contributed by atoms with van der Waals surface area (Å²) >= 11 is 0. The lowest BCUT2D eigenvalue weighted by Gasteiger charge is -2.24. The number of rotatable bonds is 6. The Morgan fingerprint density at radius 3 is 2.56 bits per heavy atom. The van der Waals surface area contributed by atoms with E-state index in [-0.39, 0.29) is 5.88 Å². The third-order valence-electron chi connectivity index (χ3n) is 5.76. The van der Waals surface area contributed by atoms with Crippen LogP contribution in [0.2, 0.25) is 0 Å². The second-order valence-electron chi connectivity index (χ2n) is 7.82. The van der Waals surface area contributed by atoms with Crippen LogP contribution in [0.5, 0.6) is 17.4 Å². The first-order chi connectivity index (χ1) is 16.7. The van der Waals surface area contributed by atoms with E-state index in [1.807, 2.05) is 78.9 Å². The average molecular weight is 450 g/mol. The molecule has 3 N–H and O–H groups in total. The maximum absolute atomic E-state index is 9.92. The van der Waals surface area contributed by atoms with Crippen molar-refractivity contribution in [2.75, 3.05) is 7.11 Å². The highest BCUT2D eigenvalue weighted by Gasteiger charge is 2.35. The van der Waals surface area contributed by atoms with E-state index in [4.69, 9.17) is 19.9 Å². The lowest BCUT2D eigenvalue weighted by molar-refractivity contribution is 0.306. The number of nitrogens with one attached hydrogen (secondary N) is 1. The Morgan fingerprint density at radius 1 is 1.03 bits per heavy atom. The number of methoxy groups -OCH3 is 1. The summed E-state index contributed by atoms with van der Waals surface area (Å²) in [6.07, 6.45) is 0. The predicted octanol–water partition coefficient (Wildman–Crippen LogP) is 4.88. The summed E-state index contributed by atoms with van der Waals surface area (Å²) < 4.78 is 17.0. The minimum Gasteiger partial charge on any atom is -0.497 e. The molecule has 0 aliphatic carbocycles. The zero-order chi connectivity index (χ0) is 23.5. The molecule has 5 rings (SSSR count). The van der Waals surface area contributed by atoms with Crippen molar-refractivity contribution in [1.29, 1.82) is 5.26 Å². The molecule has 7 heteroatoms. The van der Waals surface area contributed by atoms with E-state index in [0.717, 1.165) is 33.7 Å². The van der Waals surface area contributed by atoms with Crippen LogP contribution in [0.3, 0.4) is 0 Å². The normalized spacial score (nSPS) is 14.6. The summed E-state index contributed by atoms with van der Waals surface area (Å²) in [4.78, 5) is 0. The molecule has 0 radical (unpaired) electrons. The number of H-pyrrole nitrogens is 1. The smallest absolute Gasteiger partial charge is 0.244 e. The van der Waals surface area contributed by atoms with Gasteiger partial charge in [0.15, 0.2) is 0 Å². The van der Waals surface area contributed by atoms with E-state index in [0.29, 0.717) is 23.8 Å². The highest BCUT2D eigenvalue weighted by Crippen LogP contribution is 2.46. The van der Waals surface area contributed by atoms with E-state index in [9.17, 15) is 5.26 Å². The number of nitriles is 1. The van der Waals surface area contributed by atoms with Gasteiger partial charge in [0.25, 0.3) is 0 Å². The molecule has 0 unspecified atom stereocenters. The van der Waals surface area contributed by atoms with Crippen molar-refractivity contribution in [2.45, 2.75) is 12.5 Å². The van der Waals surface area contributed by atoms with Gasteiger partial charge in [0, 0.05) is 5.56 Å². The third kappa shape index (κ3) is 3.93. The van der Waals surface area contributed by atoms with Gasteiger partial charge in [0.1, 0.15) is 29.7 Å². The number of nitrogens with two attached hydrogens (primary N) is 1. The van der Waals surface area contributed by atoms with Crippen molar-refractivity contribution < 1.29 is 14.2 Å². The summed E-state index contributed by atoms with van der Waals surface area (Å²) in [6.45, 7) is 0.472. The molecule has 3 aromatic carbocycles. The highest BCUT2D eigenvalue weighted by molar-refractivity contribution is 5.71. The van der Waals surface area contributed by atoms with Crippen molar-refractivity contribution in [1.82, 2.24) is 10.2 Å². The molecule has 0 fully saturated rings. The van der Waals surface area contributed by atoms with E-state index in [1.54, 1.807) is 7.11 Å². The van der Waals surface area contributed by atoms with Crippen LogP contribution in [0, 0.1) is 11.3 Å². The van der Waals surface area contributed by atoms with Crippen LogP contribution < -0.4 is 19.9 Å². The van der Waals surface area contributed by atoms with Gasteiger partial charge >= 0.3 is 0 Å². The fourth-order valence-corrected chi connectivity index (χ4v) is 4.07. The fourth-order valence-electron chi connectivity index (χ4n) is 4.07. The van der Waals surface area contributed by atoms with Crippen molar-refractivity contribution in [3.63, 3.8) is 0 Å². The Balaban J connectivity index is 1.51. The first-order valence-electron chi connectivity index (χ1n) is 10.7. The largest absolute Gasteiger partial charge is 0.497 e. The molecular formula is C27H22N4O3. The molecule has 0 saturated heterocycles. The van der Waals surface area contributed by atoms with Gasteiger partial charge in [-0.25, -0.2) is 0 Å². The van der Waals surface area contributed by atoms with Crippen LogP contribution in [-0.4, -0.2) is 17.3 Å². The van der Waals surface area contributed by atoms with Crippen LogP contribution in [-0.2, 0) is 6.61 Å². The first-order valence-corrected chi connectivity index (χ1v) is 10.7. The van der Waals surface area contributed by atoms with Crippen molar-refractivity contribution >= 4 is 0 Å². The lowest BCUT2D eigenvalue weighted by atomic mass is 9.83. The summed E-state index contributed by atoms with van der Waals surface area (Å²) in [5.74, 6) is 1.40. The molecule has 2 heterocycles. The lowest BCUT2D eigenvalue weighted by Crippen LogP contribution is -2.21. The van der Waals surface area contributed by atoms with Gasteiger partial charge in [0.2, 0.25) is 11.8 Å². The van der Waals surface area contributed by atoms with Crippen LogP contribution in [0.15, 0.2) is 90.3 Å². The molecule has 0 spiro atoms. The Hall–Kier alpha value is -4.70. The van der Waals surface area contributed by atoms with Gasteiger partial charge in [-0.3, -0.25) is 5.10 Å². The first kappa shape index (κ1) is 21.2. The molecule has 0 amide bonds. The van der Waals surface area contributed by atoms with Crippen LogP contribution in [0.4, 0.5) is 0 Å². The second-order valence-corrected chi connectivity index (χ2v) is 7.82. The average Bonchev–Trinajstić information content (AvgIpc) is 3.31. The Morgan fingerprint density at radius 2 is 1.82 bits per heavy atom. The minimum atomic E-state index is -0.447. The number of ether oxygens (including phenoxy) is 3. The number of nitrogens with zero attached hydrogens (tertiary/aromatic N) is 2. The van der Waals surface area contributed by atoms with Crippen molar-refractivity contribution in [3.8, 4) is 34.7 Å². The van der Waals surface area contributed by atoms with Gasteiger partial charge in [-0.2, -0.15) is 5.26 Å². The molecule has 1 atom stereocenters. The third-order valence-corrected chi connectivity index (χ3v) is 5.76. The van der Waals surface area contributed by atoms with E-state index < -0.39 is 5.92 Å². The number of aromatic nitrogens is 2. The fraction of sp³-hybridized carbons (Fsp3) is 0.111. The zero-order valence-corrected chi connectivity index (χ0v) is 18.5. The van der Waals surface area contributed by atoms with Gasteiger partial charge in [-0.15, -0.1) is 5.10 Å². The highest BCUT2D eigenvalue weighted by atomic mass is 16.5. The van der Waals surface area contributed by atoms with Gasteiger partial charge in [-0.05, 0) is 35.4 Å². The number of hydrogen-bond donors (Lipinski definition) is 2. The van der Waals surface area contributed by atoms with E-state index >= 15 is 0 Å². The molecule has 0 saturated carbocycles. The number of benzene rings is 3. The molecule has 168 valence electrons. The summed E-state index contributed by atoms with van der Waals surface area (Å²) in [7, 11) is 1.62. The molecule has 1 aromatic heterocycles. The predicted molar refractivity (Wildman–Crippen MR) is 127 cm³/mol. The molecule has 34 heavy (non-hydrogen) atoms. The van der Waals surface area contributed by atoms with E-state index in [1.165, 1.54) is 0 Å². The van der Waals surface area contributed by atoms with Gasteiger partial charge in [0.05, 0.1) is 24.3 Å². The number of allylic oxidation sites excluding steroid dienone is 1. The molecule has 1 aliphatic rings. The zero-order valence-electron chi connectivity index (χ0n) is 18.5. The number of fused-ring (bicyclic) bond motifs is 1. The summed E-state index contributed by atoms with van der Waals surface area (Å²) in [5, 5.41) is 17.3. The maximum Gasteiger partial charge on any atom is 0.244 e. The standard InChI is InChI=1S/C27H22N4O3/c1-32-21-9-5-8-19(14-21)25-24-23(22(15-28)26(29)34-27(24)31-30-25)18-10-12-20(13-11-18)33-16-17-6-3-2-4-7-17/h2-14,23H,16,29H2,1H3,(H,30,31)/t23-/m0/s1. The van der Waals surface area contributed by atoms with Crippen LogP contribution in [0.25, 0.3) is 11.3 Å². The van der Waals surface area contributed by atoms with Gasteiger partial charge < -0.3 is 19.9 Å². The second kappa shape index (κ2) is 9.04. The monoisotopic (exact) mass is 450 g/mol. The topological polar surface area (TPSA) is 106 Å². The molecule has 4 aromatic rings. The van der Waals surface area contributed by atoms with Crippen LogP contribution >= 0.6 is 0 Å². The quantitative estimate of drug-likeness (QED) is 0.434. The summed E-state index contributed by atoms with van der Waals surface area (Å²) in [5.41, 5.74) is 10.7. The molecular weight excluding hydrogens is 428 g/mol. The summed E-state index contributed by atoms with van der Waals surface area (Å²) in [6, 6.07) is 27.5. The van der Waals surface area contributed by atoms with E-state index in [2.05, 4.69) is 16.3 Å². The van der Waals surface area contributed by atoms with Crippen molar-refractivity contribution in [3.05, 3.63) is 107 Å². The number of hydrogen-bond acceptors (Lipinski definition) is 6. The SMILES string of the molecule is COc1cccc(-c2[nH]nc3c2[C@@H](c2ccc(OCc4ccccc4)cc2)C(C#N)=C(N)O3)c1. The van der Waals surface area contributed by atoms with Crippen LogP contribution in [0.1, 0.15) is 22.6 Å². The molecule has 0 bridgehead atoms. The number of aromatic amines is 1. The minimum absolute atomic E-state index is 0.0492. The Kier molecular flexibility index (Phi) is 5.63. The van der Waals surface area contributed by atoms with Gasteiger partial charge in [-0.1, -0.05) is 54.6 Å². The molecule has 1 aliphatic heterocycles.